The maximum absolute atomic E-state index is 8.81. The van der Waals surface area contributed by atoms with Gasteiger partial charge in [-0.3, -0.25) is 0 Å². The van der Waals surface area contributed by atoms with Crippen molar-refractivity contribution < 1.29 is 19.7 Å². The van der Waals surface area contributed by atoms with Gasteiger partial charge in [-0.25, -0.2) is 0 Å². The van der Waals surface area contributed by atoms with E-state index >= 15 is 0 Å². The molecular formula is C27H38O4. The lowest BCUT2D eigenvalue weighted by Gasteiger charge is -2.10. The Labute approximate surface area is 187 Å². The van der Waals surface area contributed by atoms with Crippen molar-refractivity contribution >= 4 is 12.2 Å². The Morgan fingerprint density at radius 1 is 0.645 bits per heavy atom. The first-order valence-corrected chi connectivity index (χ1v) is 11.6. The van der Waals surface area contributed by atoms with Gasteiger partial charge in [-0.05, 0) is 86.4 Å². The summed E-state index contributed by atoms with van der Waals surface area (Å²) in [6.45, 7) is 4.07. The van der Waals surface area contributed by atoms with E-state index in [0.717, 1.165) is 92.8 Å². The number of aliphatic hydroxyl groups excluding tert-OH is 2. The van der Waals surface area contributed by atoms with Crippen molar-refractivity contribution in [2.24, 2.45) is 0 Å². The highest BCUT2D eigenvalue weighted by Gasteiger charge is 2.01. The fraction of sp³-hybridized carbons (Fsp3) is 0.481. The van der Waals surface area contributed by atoms with Crippen LogP contribution in [0.1, 0.15) is 68.1 Å². The van der Waals surface area contributed by atoms with Gasteiger partial charge in [0.2, 0.25) is 0 Å². The van der Waals surface area contributed by atoms with Gasteiger partial charge in [0, 0.05) is 13.2 Å². The summed E-state index contributed by atoms with van der Waals surface area (Å²) in [6, 6.07) is 14.4. The van der Waals surface area contributed by atoms with Crippen molar-refractivity contribution in [2.45, 2.75) is 58.3 Å². The molecule has 0 saturated carbocycles. The molecule has 0 fully saturated rings. The second kappa shape index (κ2) is 15.5. The number of benzene rings is 2. The van der Waals surface area contributed by atoms with Crippen LogP contribution in [0.2, 0.25) is 0 Å². The Hall–Kier alpha value is -2.30. The highest BCUT2D eigenvalue weighted by Crippen LogP contribution is 2.21. The second-order valence-electron chi connectivity index (χ2n) is 7.90. The van der Waals surface area contributed by atoms with Crippen LogP contribution in [-0.2, 0) is 0 Å². The largest absolute Gasteiger partial charge is 0.494 e. The van der Waals surface area contributed by atoms with E-state index in [0.29, 0.717) is 0 Å². The number of rotatable bonds is 16. The number of aliphatic hydroxyl groups is 2. The van der Waals surface area contributed by atoms with Crippen LogP contribution < -0.4 is 9.47 Å². The Balaban J connectivity index is 1.75. The third-order valence-electron chi connectivity index (χ3n) is 5.18. The normalized spacial score (nSPS) is 11.2. The molecule has 2 aromatic rings. The molecule has 0 bridgehead atoms. The first kappa shape index (κ1) is 25.0. The lowest BCUT2D eigenvalue weighted by atomic mass is 10.1. The van der Waals surface area contributed by atoms with Crippen molar-refractivity contribution in [3.05, 3.63) is 59.2 Å². The SMILES string of the molecule is Cc1cc(/C=C/c2ccc(OCCCCCCO)cc2)ccc1OCCCCCCO. The Kier molecular flexibility index (Phi) is 12.5. The molecule has 4 heteroatoms. The predicted molar refractivity (Wildman–Crippen MR) is 129 cm³/mol. The molecule has 2 rings (SSSR count). The summed E-state index contributed by atoms with van der Waals surface area (Å²) in [4.78, 5) is 0. The zero-order valence-corrected chi connectivity index (χ0v) is 18.9. The molecule has 0 atom stereocenters. The van der Waals surface area contributed by atoms with Crippen molar-refractivity contribution in [2.75, 3.05) is 26.4 Å². The number of aryl methyl sites for hydroxylation is 1. The fourth-order valence-corrected chi connectivity index (χ4v) is 3.31. The summed E-state index contributed by atoms with van der Waals surface area (Å²) in [5.74, 6) is 1.84. The summed E-state index contributed by atoms with van der Waals surface area (Å²) in [5, 5.41) is 17.6. The van der Waals surface area contributed by atoms with E-state index in [-0.39, 0.29) is 13.2 Å². The third kappa shape index (κ3) is 10.5. The molecule has 0 spiro atoms. The van der Waals surface area contributed by atoms with Crippen molar-refractivity contribution in [1.29, 1.82) is 0 Å². The highest BCUT2D eigenvalue weighted by molar-refractivity contribution is 5.70. The van der Waals surface area contributed by atoms with Crippen LogP contribution in [0.15, 0.2) is 42.5 Å². The van der Waals surface area contributed by atoms with Crippen molar-refractivity contribution in [1.82, 2.24) is 0 Å². The minimum atomic E-state index is 0.277. The van der Waals surface area contributed by atoms with Crippen LogP contribution >= 0.6 is 0 Å². The van der Waals surface area contributed by atoms with E-state index in [9.17, 15) is 0 Å². The Bertz CT molecular complexity index is 752. The molecule has 0 amide bonds. The molecule has 0 aromatic heterocycles. The minimum absolute atomic E-state index is 0.277. The second-order valence-corrected chi connectivity index (χ2v) is 7.90. The Morgan fingerprint density at radius 3 is 1.81 bits per heavy atom. The van der Waals surface area contributed by atoms with Crippen LogP contribution in [0.5, 0.6) is 11.5 Å². The standard InChI is InChI=1S/C27H38O4/c1-23-22-25(14-17-27(23)31-21-9-5-3-7-19-29)11-10-24-12-15-26(16-13-24)30-20-8-4-2-6-18-28/h10-17,22,28-29H,2-9,18-21H2,1H3/b11-10+. The lowest BCUT2D eigenvalue weighted by molar-refractivity contribution is 0.273. The average Bonchev–Trinajstić information content (AvgIpc) is 2.79. The van der Waals surface area contributed by atoms with E-state index in [1.165, 1.54) is 0 Å². The van der Waals surface area contributed by atoms with E-state index < -0.39 is 0 Å². The molecular weight excluding hydrogens is 388 g/mol. The summed E-state index contributed by atoms with van der Waals surface area (Å²) in [5.41, 5.74) is 3.42. The summed E-state index contributed by atoms with van der Waals surface area (Å²) in [6.07, 6.45) is 12.3. The highest BCUT2D eigenvalue weighted by atomic mass is 16.5. The molecule has 0 aliphatic heterocycles. The molecule has 0 heterocycles. The first-order chi connectivity index (χ1) is 15.2. The maximum Gasteiger partial charge on any atom is 0.122 e. The van der Waals surface area contributed by atoms with Crippen molar-refractivity contribution in [3.8, 4) is 11.5 Å². The van der Waals surface area contributed by atoms with Gasteiger partial charge < -0.3 is 19.7 Å². The number of hydrogen-bond donors (Lipinski definition) is 2. The van der Waals surface area contributed by atoms with Gasteiger partial charge in [-0.15, -0.1) is 0 Å². The fourth-order valence-electron chi connectivity index (χ4n) is 3.31. The smallest absolute Gasteiger partial charge is 0.122 e. The zero-order valence-electron chi connectivity index (χ0n) is 18.9. The first-order valence-electron chi connectivity index (χ1n) is 11.6. The summed E-state index contributed by atoms with van der Waals surface area (Å²) in [7, 11) is 0. The van der Waals surface area contributed by atoms with Gasteiger partial charge in [-0.1, -0.05) is 43.2 Å². The molecule has 0 aliphatic carbocycles. The molecule has 170 valence electrons. The van der Waals surface area contributed by atoms with Crippen LogP contribution in [0.3, 0.4) is 0 Å². The lowest BCUT2D eigenvalue weighted by Crippen LogP contribution is -1.99. The van der Waals surface area contributed by atoms with E-state index in [4.69, 9.17) is 19.7 Å². The molecule has 0 unspecified atom stereocenters. The molecule has 31 heavy (non-hydrogen) atoms. The molecule has 0 radical (unpaired) electrons. The Morgan fingerprint density at radius 2 is 1.19 bits per heavy atom. The van der Waals surface area contributed by atoms with Gasteiger partial charge in [0.1, 0.15) is 11.5 Å². The van der Waals surface area contributed by atoms with Crippen LogP contribution in [0.25, 0.3) is 12.2 Å². The summed E-state index contributed by atoms with van der Waals surface area (Å²) < 4.78 is 11.7. The van der Waals surface area contributed by atoms with Gasteiger partial charge in [0.15, 0.2) is 0 Å². The monoisotopic (exact) mass is 426 g/mol. The number of unbranched alkanes of at least 4 members (excludes halogenated alkanes) is 6. The molecule has 4 nitrogen and oxygen atoms in total. The maximum atomic E-state index is 8.81. The zero-order chi connectivity index (χ0) is 22.2. The topological polar surface area (TPSA) is 58.9 Å². The average molecular weight is 427 g/mol. The van der Waals surface area contributed by atoms with Crippen LogP contribution in [0, 0.1) is 6.92 Å². The quantitative estimate of drug-likeness (QED) is 0.254. The molecule has 2 aromatic carbocycles. The molecule has 0 aliphatic rings. The predicted octanol–water partition coefficient (Wildman–Crippen LogP) is 6.03. The number of ether oxygens (including phenoxy) is 2. The minimum Gasteiger partial charge on any atom is -0.494 e. The summed E-state index contributed by atoms with van der Waals surface area (Å²) >= 11 is 0. The van der Waals surface area contributed by atoms with Crippen LogP contribution in [0.4, 0.5) is 0 Å². The van der Waals surface area contributed by atoms with Gasteiger partial charge in [-0.2, -0.15) is 0 Å². The van der Waals surface area contributed by atoms with E-state index in [1.807, 2.05) is 18.2 Å². The molecule has 2 N–H and O–H groups in total. The van der Waals surface area contributed by atoms with Crippen LogP contribution in [-0.4, -0.2) is 36.6 Å². The van der Waals surface area contributed by atoms with E-state index in [2.05, 4.69) is 43.3 Å². The third-order valence-corrected chi connectivity index (χ3v) is 5.18. The van der Waals surface area contributed by atoms with Gasteiger partial charge in [0.25, 0.3) is 0 Å². The van der Waals surface area contributed by atoms with Crippen molar-refractivity contribution in [3.63, 3.8) is 0 Å². The van der Waals surface area contributed by atoms with E-state index in [1.54, 1.807) is 0 Å². The molecule has 0 saturated heterocycles. The number of hydrogen-bond acceptors (Lipinski definition) is 4. The van der Waals surface area contributed by atoms with Gasteiger partial charge >= 0.3 is 0 Å². The van der Waals surface area contributed by atoms with Gasteiger partial charge in [0.05, 0.1) is 13.2 Å².